The lowest BCUT2D eigenvalue weighted by Crippen LogP contribution is -2.33. The van der Waals surface area contributed by atoms with Gasteiger partial charge in [-0.2, -0.15) is 0 Å². The number of aromatic nitrogens is 2. The quantitative estimate of drug-likeness (QED) is 0.786. The second-order valence-corrected chi connectivity index (χ2v) is 6.85. The van der Waals surface area contributed by atoms with E-state index in [-0.39, 0.29) is 29.1 Å². The van der Waals surface area contributed by atoms with Gasteiger partial charge in [-0.25, -0.2) is 14.2 Å². The first-order chi connectivity index (χ1) is 12.8. The Labute approximate surface area is 164 Å². The monoisotopic (exact) mass is 412 g/mol. The van der Waals surface area contributed by atoms with E-state index in [1.807, 2.05) is 0 Å². The highest BCUT2D eigenvalue weighted by Crippen LogP contribution is 2.28. The zero-order valence-electron chi connectivity index (χ0n) is 14.1. The molecule has 1 atom stereocenters. The first-order valence-corrected chi connectivity index (χ1v) is 8.69. The fourth-order valence-electron chi connectivity index (χ4n) is 2.62. The number of rotatable bonds is 5. The van der Waals surface area contributed by atoms with Gasteiger partial charge in [0.2, 0.25) is 5.91 Å². The van der Waals surface area contributed by atoms with E-state index in [1.54, 1.807) is 6.07 Å². The molecule has 1 aromatic heterocycles. The van der Waals surface area contributed by atoms with Gasteiger partial charge in [-0.15, -0.1) is 0 Å². The Bertz CT molecular complexity index is 911. The van der Waals surface area contributed by atoms with Crippen molar-refractivity contribution in [3.63, 3.8) is 0 Å². The summed E-state index contributed by atoms with van der Waals surface area (Å²) in [5.41, 5.74) is 1.10. The van der Waals surface area contributed by atoms with Gasteiger partial charge in [-0.3, -0.25) is 9.69 Å². The van der Waals surface area contributed by atoms with E-state index in [0.717, 1.165) is 0 Å². The molecule has 1 fully saturated rings. The van der Waals surface area contributed by atoms with Gasteiger partial charge < -0.3 is 15.0 Å². The molecule has 0 spiro atoms. The molecule has 2 N–H and O–H groups in total. The molecule has 0 bridgehead atoms. The van der Waals surface area contributed by atoms with Crippen LogP contribution in [0, 0.1) is 5.82 Å². The fourth-order valence-corrected chi connectivity index (χ4v) is 2.86. The summed E-state index contributed by atoms with van der Waals surface area (Å²) in [7, 11) is 0. The molecule has 1 aliphatic rings. The maximum Gasteiger partial charge on any atom is 0.414 e. The summed E-state index contributed by atoms with van der Waals surface area (Å²) in [6, 6.07) is 4.32. The van der Waals surface area contributed by atoms with Gasteiger partial charge in [0.15, 0.2) is 0 Å². The molecule has 2 aromatic rings. The molecular weight excluding hydrogens is 398 g/mol. The van der Waals surface area contributed by atoms with Gasteiger partial charge in [0.05, 0.1) is 36.2 Å². The third-order valence-electron chi connectivity index (χ3n) is 3.83. The number of amides is 2. The largest absolute Gasteiger partial charge is 0.442 e. The molecule has 0 unspecified atom stereocenters. The lowest BCUT2D eigenvalue weighted by molar-refractivity contribution is -0.119. The third kappa shape index (κ3) is 4.58. The Balaban J connectivity index is 1.77. The highest BCUT2D eigenvalue weighted by molar-refractivity contribution is 6.57. The van der Waals surface area contributed by atoms with E-state index in [1.165, 1.54) is 36.2 Å². The standard InChI is InChI=1S/C17H15Cl2FN4O3/c1-9(25)21-7-12-8-24(17(26)27-12)11-2-3-13(14(20)5-11)16-22-6-10(23-16)4-15(18)19/h2-6,12H,7-8H2,1H3,(H,21,25)(H,22,23)/t12-/m0/s1. The van der Waals surface area contributed by atoms with Gasteiger partial charge in [-0.05, 0) is 24.3 Å². The minimum atomic E-state index is -0.598. The van der Waals surface area contributed by atoms with Crippen LogP contribution >= 0.6 is 23.2 Å². The van der Waals surface area contributed by atoms with E-state index < -0.39 is 18.0 Å². The number of hydrogen-bond donors (Lipinski definition) is 2. The van der Waals surface area contributed by atoms with Crippen LogP contribution < -0.4 is 10.2 Å². The predicted molar refractivity (Wildman–Crippen MR) is 100.0 cm³/mol. The molecule has 1 aromatic carbocycles. The summed E-state index contributed by atoms with van der Waals surface area (Å²) in [4.78, 5) is 31.3. The summed E-state index contributed by atoms with van der Waals surface area (Å²) in [5, 5.41) is 2.58. The van der Waals surface area contributed by atoms with E-state index >= 15 is 0 Å². The Morgan fingerprint density at radius 3 is 2.96 bits per heavy atom. The van der Waals surface area contributed by atoms with Gasteiger partial charge in [0.25, 0.3) is 0 Å². The van der Waals surface area contributed by atoms with Crippen molar-refractivity contribution in [3.05, 3.63) is 40.4 Å². The van der Waals surface area contributed by atoms with Gasteiger partial charge in [0.1, 0.15) is 22.2 Å². The molecule has 0 saturated carbocycles. The Kier molecular flexibility index (Phi) is 5.67. The normalized spacial score (nSPS) is 16.2. The zero-order valence-corrected chi connectivity index (χ0v) is 15.6. The number of aromatic amines is 1. The predicted octanol–water partition coefficient (Wildman–Crippen LogP) is 3.45. The van der Waals surface area contributed by atoms with Crippen LogP contribution in [0.2, 0.25) is 0 Å². The number of anilines is 1. The van der Waals surface area contributed by atoms with E-state index in [2.05, 4.69) is 15.3 Å². The van der Waals surface area contributed by atoms with Crippen LogP contribution in [0.1, 0.15) is 12.6 Å². The first kappa shape index (κ1) is 19.2. The number of ether oxygens (including phenoxy) is 1. The van der Waals surface area contributed by atoms with Crippen molar-refractivity contribution in [2.24, 2.45) is 0 Å². The molecule has 7 nitrogen and oxygen atoms in total. The highest BCUT2D eigenvalue weighted by atomic mass is 35.5. The smallest absolute Gasteiger partial charge is 0.414 e. The molecule has 0 radical (unpaired) electrons. The maximum atomic E-state index is 14.6. The third-order valence-corrected chi connectivity index (χ3v) is 4.05. The van der Waals surface area contributed by atoms with E-state index in [0.29, 0.717) is 17.2 Å². The van der Waals surface area contributed by atoms with Gasteiger partial charge in [0, 0.05) is 6.92 Å². The molecule has 142 valence electrons. The van der Waals surface area contributed by atoms with Gasteiger partial charge >= 0.3 is 6.09 Å². The number of cyclic esters (lactones) is 1. The Morgan fingerprint density at radius 1 is 1.52 bits per heavy atom. The molecule has 1 aliphatic heterocycles. The van der Waals surface area contributed by atoms with Crippen molar-refractivity contribution < 1.29 is 18.7 Å². The van der Waals surface area contributed by atoms with Crippen molar-refractivity contribution in [1.29, 1.82) is 0 Å². The van der Waals surface area contributed by atoms with Crippen molar-refractivity contribution in [2.75, 3.05) is 18.0 Å². The second-order valence-electron chi connectivity index (χ2n) is 5.84. The van der Waals surface area contributed by atoms with Crippen LogP contribution in [0.4, 0.5) is 14.9 Å². The lowest BCUT2D eigenvalue weighted by atomic mass is 10.1. The number of imidazole rings is 1. The van der Waals surface area contributed by atoms with Crippen molar-refractivity contribution >= 4 is 47.0 Å². The van der Waals surface area contributed by atoms with Crippen molar-refractivity contribution in [2.45, 2.75) is 13.0 Å². The molecule has 3 rings (SSSR count). The van der Waals surface area contributed by atoms with E-state index in [9.17, 15) is 14.0 Å². The molecule has 2 amide bonds. The summed E-state index contributed by atoms with van der Waals surface area (Å²) in [6.07, 6.45) is 1.82. The number of benzene rings is 1. The van der Waals surface area contributed by atoms with Crippen LogP contribution in [-0.2, 0) is 9.53 Å². The Hall–Kier alpha value is -2.58. The second kappa shape index (κ2) is 7.98. The van der Waals surface area contributed by atoms with Crippen molar-refractivity contribution in [3.8, 4) is 11.4 Å². The lowest BCUT2D eigenvalue weighted by Gasteiger charge is -2.14. The highest BCUT2D eigenvalue weighted by Gasteiger charge is 2.32. The number of halogens is 3. The fraction of sp³-hybridized carbons (Fsp3) is 0.235. The number of nitrogens with zero attached hydrogens (tertiary/aromatic N) is 2. The summed E-state index contributed by atoms with van der Waals surface area (Å²) < 4.78 is 19.8. The summed E-state index contributed by atoms with van der Waals surface area (Å²) in [6.45, 7) is 1.78. The minimum absolute atomic E-state index is 0.0439. The number of carbonyl (C=O) groups is 2. The number of nitrogens with one attached hydrogen (secondary N) is 2. The number of carbonyl (C=O) groups excluding carboxylic acids is 2. The summed E-state index contributed by atoms with van der Waals surface area (Å²) in [5.74, 6) is -0.483. The van der Waals surface area contributed by atoms with E-state index in [4.69, 9.17) is 27.9 Å². The molecular formula is C17H15Cl2FN4O3. The van der Waals surface area contributed by atoms with Crippen LogP contribution in [0.3, 0.4) is 0 Å². The average Bonchev–Trinajstić information content (AvgIpc) is 3.19. The van der Waals surface area contributed by atoms with Crippen LogP contribution in [0.15, 0.2) is 28.9 Å². The first-order valence-electron chi connectivity index (χ1n) is 7.93. The van der Waals surface area contributed by atoms with Crippen LogP contribution in [0.25, 0.3) is 17.5 Å². The zero-order chi connectivity index (χ0) is 19.6. The topological polar surface area (TPSA) is 87.3 Å². The molecule has 27 heavy (non-hydrogen) atoms. The van der Waals surface area contributed by atoms with Crippen LogP contribution in [0.5, 0.6) is 0 Å². The van der Waals surface area contributed by atoms with Crippen molar-refractivity contribution in [1.82, 2.24) is 15.3 Å². The molecule has 2 heterocycles. The Morgan fingerprint density at radius 2 is 2.30 bits per heavy atom. The SMILES string of the molecule is CC(=O)NC[C@H]1CN(c2ccc(-c3ncc(C=C(Cl)Cl)[nH]3)c(F)c2)C(=O)O1. The maximum absolute atomic E-state index is 14.6. The van der Waals surface area contributed by atoms with Gasteiger partial charge in [-0.1, -0.05) is 23.2 Å². The minimum Gasteiger partial charge on any atom is -0.442 e. The average molecular weight is 413 g/mol. The summed E-state index contributed by atoms with van der Waals surface area (Å²) >= 11 is 11.2. The number of H-pyrrole nitrogens is 1. The number of hydrogen-bond acceptors (Lipinski definition) is 4. The van der Waals surface area contributed by atoms with Crippen LogP contribution in [-0.4, -0.2) is 41.2 Å². The molecule has 10 heteroatoms. The molecule has 0 aliphatic carbocycles. The molecule has 1 saturated heterocycles.